The lowest BCUT2D eigenvalue weighted by atomic mass is 9.48. The molecule has 2 N–H and O–H groups in total. The molecule has 2 fully saturated rings. The highest BCUT2D eigenvalue weighted by molar-refractivity contribution is 5.21. The third kappa shape index (κ3) is 1.83. The summed E-state index contributed by atoms with van der Waals surface area (Å²) in [6.07, 6.45) is 1.51. The van der Waals surface area contributed by atoms with Crippen molar-refractivity contribution in [1.82, 2.24) is 4.90 Å². The van der Waals surface area contributed by atoms with E-state index in [4.69, 9.17) is 10.5 Å². The first kappa shape index (κ1) is 14.3. The summed E-state index contributed by atoms with van der Waals surface area (Å²) in [5.41, 5.74) is 6.79. The molecule has 0 aromatic carbocycles. The molecule has 1 saturated heterocycles. The van der Waals surface area contributed by atoms with Gasteiger partial charge < -0.3 is 15.4 Å². The molecule has 2 rings (SSSR count). The molecule has 1 aliphatic carbocycles. The highest BCUT2D eigenvalue weighted by atomic mass is 16.5. The minimum atomic E-state index is -0.0912. The van der Waals surface area contributed by atoms with Crippen molar-refractivity contribution in [3.63, 3.8) is 0 Å². The van der Waals surface area contributed by atoms with E-state index in [9.17, 15) is 0 Å². The summed E-state index contributed by atoms with van der Waals surface area (Å²) in [4.78, 5) is 2.43. The molecular weight excluding hydrogens is 224 g/mol. The van der Waals surface area contributed by atoms with Gasteiger partial charge in [0.15, 0.2) is 0 Å². The van der Waals surface area contributed by atoms with Crippen LogP contribution in [0.4, 0.5) is 0 Å². The molecule has 4 atom stereocenters. The van der Waals surface area contributed by atoms with E-state index in [1.807, 2.05) is 0 Å². The van der Waals surface area contributed by atoms with Crippen molar-refractivity contribution in [3.8, 4) is 0 Å². The number of nitrogens with two attached hydrogens (primary N) is 1. The number of ether oxygens (including phenoxy) is 1. The molecule has 3 heteroatoms. The van der Waals surface area contributed by atoms with Gasteiger partial charge in [-0.2, -0.15) is 0 Å². The highest BCUT2D eigenvalue weighted by Gasteiger charge is 2.67. The highest BCUT2D eigenvalue weighted by Crippen LogP contribution is 2.58. The van der Waals surface area contributed by atoms with Crippen LogP contribution in [0.3, 0.4) is 0 Å². The van der Waals surface area contributed by atoms with Crippen LogP contribution >= 0.6 is 0 Å². The number of hydrogen-bond acceptors (Lipinski definition) is 3. The van der Waals surface area contributed by atoms with Gasteiger partial charge in [0, 0.05) is 36.1 Å². The van der Waals surface area contributed by atoms with Gasteiger partial charge >= 0.3 is 0 Å². The van der Waals surface area contributed by atoms with Crippen LogP contribution in [0, 0.1) is 17.3 Å². The standard InChI is InChI=1S/C15H30N2O/c1-10(2)11(3)17(6)9-15(16)12-7-8-18-13(12)14(15,4)5/h10-13H,7-9,16H2,1-6H3. The normalized spacial score (nSPS) is 39.8. The Labute approximate surface area is 112 Å². The van der Waals surface area contributed by atoms with Crippen molar-refractivity contribution in [2.45, 2.75) is 58.7 Å². The second-order valence-electron chi connectivity index (χ2n) is 7.35. The molecule has 3 nitrogen and oxygen atoms in total. The zero-order valence-electron chi connectivity index (χ0n) is 12.9. The minimum Gasteiger partial charge on any atom is -0.377 e. The van der Waals surface area contributed by atoms with Crippen molar-refractivity contribution in [1.29, 1.82) is 0 Å². The monoisotopic (exact) mass is 254 g/mol. The largest absolute Gasteiger partial charge is 0.377 e. The van der Waals surface area contributed by atoms with E-state index in [2.05, 4.69) is 46.6 Å². The Bertz CT molecular complexity index is 316. The summed E-state index contributed by atoms with van der Waals surface area (Å²) >= 11 is 0. The smallest absolute Gasteiger partial charge is 0.0691 e. The molecule has 4 unspecified atom stereocenters. The zero-order valence-corrected chi connectivity index (χ0v) is 12.9. The van der Waals surface area contributed by atoms with Crippen LogP contribution in [0.5, 0.6) is 0 Å². The van der Waals surface area contributed by atoms with Crippen molar-refractivity contribution < 1.29 is 4.74 Å². The lowest BCUT2D eigenvalue weighted by Gasteiger charge is -2.63. The first-order valence-corrected chi connectivity index (χ1v) is 7.32. The number of hydrogen-bond donors (Lipinski definition) is 1. The molecular formula is C15H30N2O. The molecule has 0 amide bonds. The Balaban J connectivity index is 2.08. The van der Waals surface area contributed by atoms with E-state index in [1.165, 1.54) is 0 Å². The lowest BCUT2D eigenvalue weighted by molar-refractivity contribution is -0.164. The van der Waals surface area contributed by atoms with Crippen LogP contribution in [0.15, 0.2) is 0 Å². The fraction of sp³-hybridized carbons (Fsp3) is 1.00. The van der Waals surface area contributed by atoms with Gasteiger partial charge in [0.2, 0.25) is 0 Å². The first-order chi connectivity index (χ1) is 8.22. The minimum absolute atomic E-state index is 0.0912. The fourth-order valence-electron chi connectivity index (χ4n) is 3.86. The number of fused-ring (bicyclic) bond motifs is 1. The SMILES string of the molecule is CC(C)C(C)N(C)CC1(N)C2CCOC2C1(C)C. The molecule has 0 spiro atoms. The molecule has 1 saturated carbocycles. The van der Waals surface area contributed by atoms with E-state index in [1.54, 1.807) is 0 Å². The van der Waals surface area contributed by atoms with Gasteiger partial charge in [0.05, 0.1) is 6.10 Å². The van der Waals surface area contributed by atoms with Crippen LogP contribution in [-0.2, 0) is 4.74 Å². The third-order valence-electron chi connectivity index (χ3n) is 5.84. The van der Waals surface area contributed by atoms with E-state index < -0.39 is 0 Å². The topological polar surface area (TPSA) is 38.5 Å². The van der Waals surface area contributed by atoms with Gasteiger partial charge in [-0.3, -0.25) is 0 Å². The Morgan fingerprint density at radius 1 is 1.33 bits per heavy atom. The van der Waals surface area contributed by atoms with Gasteiger partial charge in [-0.25, -0.2) is 0 Å². The van der Waals surface area contributed by atoms with Gasteiger partial charge in [-0.1, -0.05) is 27.7 Å². The molecule has 1 heterocycles. The maximum absolute atomic E-state index is 6.78. The molecule has 0 aromatic rings. The molecule has 1 aliphatic heterocycles. The third-order valence-corrected chi connectivity index (χ3v) is 5.84. The summed E-state index contributed by atoms with van der Waals surface area (Å²) in [5.74, 6) is 1.21. The number of likely N-dealkylation sites (N-methyl/N-ethyl adjacent to an activating group) is 1. The summed E-state index contributed by atoms with van der Waals surface area (Å²) in [6, 6.07) is 0.572. The molecule has 2 aliphatic rings. The van der Waals surface area contributed by atoms with Crippen molar-refractivity contribution in [2.24, 2.45) is 23.0 Å². The quantitative estimate of drug-likeness (QED) is 0.835. The maximum atomic E-state index is 6.78. The Hall–Kier alpha value is -0.120. The average molecular weight is 254 g/mol. The van der Waals surface area contributed by atoms with Crippen molar-refractivity contribution in [2.75, 3.05) is 20.2 Å². The van der Waals surface area contributed by atoms with Crippen LogP contribution in [0.1, 0.15) is 41.0 Å². The molecule has 0 aromatic heterocycles. The zero-order chi connectivity index (χ0) is 13.7. The second-order valence-corrected chi connectivity index (χ2v) is 7.35. The van der Waals surface area contributed by atoms with E-state index in [-0.39, 0.29) is 11.0 Å². The predicted octanol–water partition coefficient (Wildman–Crippen LogP) is 2.11. The fourth-order valence-corrected chi connectivity index (χ4v) is 3.86. The maximum Gasteiger partial charge on any atom is 0.0691 e. The van der Waals surface area contributed by atoms with Crippen LogP contribution in [-0.4, -0.2) is 42.8 Å². The molecule has 106 valence electrons. The summed E-state index contributed by atoms with van der Waals surface area (Å²) in [6.45, 7) is 13.3. The summed E-state index contributed by atoms with van der Waals surface area (Å²) in [7, 11) is 2.21. The average Bonchev–Trinajstić information content (AvgIpc) is 2.75. The predicted molar refractivity (Wildman–Crippen MR) is 75.5 cm³/mol. The second kappa shape index (κ2) is 4.46. The Morgan fingerprint density at radius 2 is 1.94 bits per heavy atom. The van der Waals surface area contributed by atoms with Crippen molar-refractivity contribution in [3.05, 3.63) is 0 Å². The number of nitrogens with zero attached hydrogens (tertiary/aromatic N) is 1. The van der Waals surface area contributed by atoms with Crippen LogP contribution in [0.2, 0.25) is 0 Å². The summed E-state index contributed by atoms with van der Waals surface area (Å²) in [5, 5.41) is 0. The lowest BCUT2D eigenvalue weighted by Crippen LogP contribution is -2.78. The van der Waals surface area contributed by atoms with E-state index in [0.29, 0.717) is 24.0 Å². The first-order valence-electron chi connectivity index (χ1n) is 7.32. The van der Waals surface area contributed by atoms with E-state index in [0.717, 1.165) is 19.6 Å². The van der Waals surface area contributed by atoms with Crippen molar-refractivity contribution >= 4 is 0 Å². The van der Waals surface area contributed by atoms with Gasteiger partial charge in [-0.15, -0.1) is 0 Å². The van der Waals surface area contributed by atoms with Gasteiger partial charge in [-0.05, 0) is 26.3 Å². The molecule has 0 bridgehead atoms. The van der Waals surface area contributed by atoms with Gasteiger partial charge in [0.25, 0.3) is 0 Å². The number of rotatable bonds is 4. The van der Waals surface area contributed by atoms with Crippen LogP contribution in [0.25, 0.3) is 0 Å². The van der Waals surface area contributed by atoms with Gasteiger partial charge in [0.1, 0.15) is 0 Å². The Morgan fingerprint density at radius 3 is 2.50 bits per heavy atom. The van der Waals surface area contributed by atoms with Crippen LogP contribution < -0.4 is 5.73 Å². The Kier molecular flexibility index (Phi) is 3.54. The summed E-state index contributed by atoms with van der Waals surface area (Å²) < 4.78 is 5.85. The molecule has 0 radical (unpaired) electrons. The molecule has 18 heavy (non-hydrogen) atoms. The van der Waals surface area contributed by atoms with E-state index >= 15 is 0 Å².